The molecule has 1 saturated heterocycles. The van der Waals surface area contributed by atoms with Crippen LogP contribution in [0.25, 0.3) is 10.2 Å². The third-order valence-electron chi connectivity index (χ3n) is 3.72. The van der Waals surface area contributed by atoms with Crippen molar-refractivity contribution >= 4 is 27.5 Å². The summed E-state index contributed by atoms with van der Waals surface area (Å²) in [5.41, 5.74) is 1.02. The number of thiazole rings is 1. The van der Waals surface area contributed by atoms with Gasteiger partial charge in [-0.2, -0.15) is 0 Å². The van der Waals surface area contributed by atoms with Crippen LogP contribution in [0.4, 0.5) is 0 Å². The molecule has 0 aliphatic carbocycles. The number of carbonyl (C=O) groups excluding carboxylic acids is 1. The van der Waals surface area contributed by atoms with Gasteiger partial charge in [0, 0.05) is 26.0 Å². The number of hydrogen-bond donors (Lipinski definition) is 1. The summed E-state index contributed by atoms with van der Waals surface area (Å²) < 4.78 is 6.72. The minimum atomic E-state index is 0.104. The Morgan fingerprint density at radius 2 is 2.33 bits per heavy atom. The maximum atomic E-state index is 11.8. The van der Waals surface area contributed by atoms with Crippen LogP contribution >= 0.6 is 11.3 Å². The van der Waals surface area contributed by atoms with E-state index in [4.69, 9.17) is 4.74 Å². The molecule has 1 aromatic heterocycles. The molecule has 0 spiro atoms. The fourth-order valence-electron chi connectivity index (χ4n) is 2.58. The number of nitrogens with one attached hydrogen (secondary N) is 1. The van der Waals surface area contributed by atoms with Crippen molar-refractivity contribution in [1.29, 1.82) is 0 Å². The number of aryl methyl sites for hydroxylation is 1. The van der Waals surface area contributed by atoms with Crippen LogP contribution in [-0.4, -0.2) is 30.1 Å². The highest BCUT2D eigenvalue weighted by Crippen LogP contribution is 2.22. The van der Waals surface area contributed by atoms with E-state index in [2.05, 4.69) is 16.4 Å². The van der Waals surface area contributed by atoms with E-state index in [-0.39, 0.29) is 5.91 Å². The van der Waals surface area contributed by atoms with Crippen LogP contribution in [-0.2, 0) is 16.0 Å². The van der Waals surface area contributed by atoms with Crippen LogP contribution in [0.15, 0.2) is 24.3 Å². The third kappa shape index (κ3) is 4.02. The first-order valence-electron chi connectivity index (χ1n) is 7.54. The van der Waals surface area contributed by atoms with Crippen molar-refractivity contribution in [1.82, 2.24) is 10.3 Å². The Hall–Kier alpha value is -1.46. The van der Waals surface area contributed by atoms with E-state index in [1.54, 1.807) is 11.3 Å². The van der Waals surface area contributed by atoms with Crippen LogP contribution < -0.4 is 5.32 Å². The van der Waals surface area contributed by atoms with Crippen LogP contribution in [0.5, 0.6) is 0 Å². The van der Waals surface area contributed by atoms with Gasteiger partial charge in [-0.1, -0.05) is 12.1 Å². The van der Waals surface area contributed by atoms with Gasteiger partial charge in [0.2, 0.25) is 5.91 Å². The molecule has 0 radical (unpaired) electrons. The standard InChI is InChI=1S/C16H20N2O2S/c19-15(17-10-9-12-4-3-11-20-12)7-8-16-18-13-5-1-2-6-14(13)21-16/h1-2,5-6,12H,3-4,7-11H2,(H,17,19). The molecule has 2 aromatic rings. The van der Waals surface area contributed by atoms with Crippen LogP contribution in [0.1, 0.15) is 30.7 Å². The normalized spacial score (nSPS) is 18.2. The SMILES string of the molecule is O=C(CCc1nc2ccccc2s1)NCCC1CCCO1. The number of ether oxygens (including phenoxy) is 1. The second-order valence-electron chi connectivity index (χ2n) is 5.35. The van der Waals surface area contributed by atoms with E-state index >= 15 is 0 Å². The Balaban J connectivity index is 1.40. The number of fused-ring (bicyclic) bond motifs is 1. The van der Waals surface area contributed by atoms with E-state index in [1.807, 2.05) is 18.2 Å². The molecule has 21 heavy (non-hydrogen) atoms. The maximum Gasteiger partial charge on any atom is 0.220 e. The summed E-state index contributed by atoms with van der Waals surface area (Å²) in [5, 5.41) is 4.00. The average Bonchev–Trinajstić information content (AvgIpc) is 3.13. The lowest BCUT2D eigenvalue weighted by Gasteiger charge is -2.09. The zero-order valence-corrected chi connectivity index (χ0v) is 12.8. The number of amides is 1. The molecule has 1 aliphatic heterocycles. The number of nitrogens with zero attached hydrogens (tertiary/aromatic N) is 1. The Morgan fingerprint density at radius 3 is 3.14 bits per heavy atom. The summed E-state index contributed by atoms with van der Waals surface area (Å²) in [5.74, 6) is 0.104. The second-order valence-corrected chi connectivity index (χ2v) is 6.46. The molecule has 2 heterocycles. The topological polar surface area (TPSA) is 51.2 Å². The first-order chi connectivity index (χ1) is 10.3. The lowest BCUT2D eigenvalue weighted by molar-refractivity contribution is -0.121. The highest BCUT2D eigenvalue weighted by atomic mass is 32.1. The monoisotopic (exact) mass is 304 g/mol. The highest BCUT2D eigenvalue weighted by molar-refractivity contribution is 7.18. The minimum Gasteiger partial charge on any atom is -0.378 e. The highest BCUT2D eigenvalue weighted by Gasteiger charge is 2.15. The van der Waals surface area contributed by atoms with Crippen molar-refractivity contribution in [2.45, 2.75) is 38.2 Å². The van der Waals surface area contributed by atoms with Crippen molar-refractivity contribution in [2.75, 3.05) is 13.2 Å². The maximum absolute atomic E-state index is 11.8. The van der Waals surface area contributed by atoms with Crippen LogP contribution in [0, 0.1) is 0 Å². The molecule has 1 aliphatic rings. The zero-order chi connectivity index (χ0) is 14.5. The van der Waals surface area contributed by atoms with Gasteiger partial charge in [0.1, 0.15) is 0 Å². The molecular formula is C16H20N2O2S. The Labute approximate surface area is 128 Å². The van der Waals surface area contributed by atoms with Gasteiger partial charge in [-0.15, -0.1) is 11.3 Å². The number of rotatable bonds is 6. The van der Waals surface area contributed by atoms with Crippen molar-refractivity contribution in [2.24, 2.45) is 0 Å². The number of para-hydroxylation sites is 1. The summed E-state index contributed by atoms with van der Waals surface area (Å²) in [7, 11) is 0. The molecule has 3 rings (SSSR count). The molecule has 1 aromatic carbocycles. The fourth-order valence-corrected chi connectivity index (χ4v) is 3.55. The van der Waals surface area contributed by atoms with Gasteiger partial charge in [-0.3, -0.25) is 4.79 Å². The average molecular weight is 304 g/mol. The van der Waals surface area contributed by atoms with E-state index in [0.29, 0.717) is 25.5 Å². The van der Waals surface area contributed by atoms with Gasteiger partial charge in [-0.05, 0) is 31.4 Å². The lowest BCUT2D eigenvalue weighted by atomic mass is 10.2. The summed E-state index contributed by atoms with van der Waals surface area (Å²) in [4.78, 5) is 16.4. The lowest BCUT2D eigenvalue weighted by Crippen LogP contribution is -2.27. The van der Waals surface area contributed by atoms with Gasteiger partial charge < -0.3 is 10.1 Å². The van der Waals surface area contributed by atoms with Crippen molar-refractivity contribution in [3.63, 3.8) is 0 Å². The smallest absolute Gasteiger partial charge is 0.220 e. The first-order valence-corrected chi connectivity index (χ1v) is 8.35. The Kier molecular flexibility index (Phi) is 4.83. The van der Waals surface area contributed by atoms with Gasteiger partial charge in [0.25, 0.3) is 0 Å². The van der Waals surface area contributed by atoms with Gasteiger partial charge >= 0.3 is 0 Å². The summed E-state index contributed by atoms with van der Waals surface area (Å²) in [6.07, 6.45) is 4.76. The second kappa shape index (κ2) is 7.00. The van der Waals surface area contributed by atoms with E-state index < -0.39 is 0 Å². The van der Waals surface area contributed by atoms with Gasteiger partial charge in [0.15, 0.2) is 0 Å². The predicted octanol–water partition coefficient (Wildman–Crippen LogP) is 2.91. The fraction of sp³-hybridized carbons (Fsp3) is 0.500. The Bertz CT molecular complexity index is 572. The predicted molar refractivity (Wildman–Crippen MR) is 84.5 cm³/mol. The summed E-state index contributed by atoms with van der Waals surface area (Å²) in [6, 6.07) is 8.08. The van der Waals surface area contributed by atoms with Gasteiger partial charge in [-0.25, -0.2) is 4.98 Å². The Morgan fingerprint density at radius 1 is 1.43 bits per heavy atom. The molecule has 4 nitrogen and oxygen atoms in total. The molecule has 112 valence electrons. The summed E-state index contributed by atoms with van der Waals surface area (Å²) >= 11 is 1.67. The molecule has 1 fully saturated rings. The molecule has 5 heteroatoms. The van der Waals surface area contributed by atoms with Crippen molar-refractivity contribution in [3.05, 3.63) is 29.3 Å². The first kappa shape index (κ1) is 14.5. The third-order valence-corrected chi connectivity index (χ3v) is 4.81. The largest absolute Gasteiger partial charge is 0.378 e. The van der Waals surface area contributed by atoms with Crippen molar-refractivity contribution < 1.29 is 9.53 Å². The zero-order valence-electron chi connectivity index (χ0n) is 12.0. The molecule has 1 N–H and O–H groups in total. The van der Waals surface area contributed by atoms with E-state index in [0.717, 1.165) is 36.4 Å². The molecule has 1 amide bonds. The number of carbonyl (C=O) groups is 1. The van der Waals surface area contributed by atoms with Crippen molar-refractivity contribution in [3.8, 4) is 0 Å². The molecule has 1 unspecified atom stereocenters. The number of aromatic nitrogens is 1. The molecule has 0 saturated carbocycles. The van der Waals surface area contributed by atoms with Crippen LogP contribution in [0.2, 0.25) is 0 Å². The number of hydrogen-bond acceptors (Lipinski definition) is 4. The molecule has 0 bridgehead atoms. The number of benzene rings is 1. The molecular weight excluding hydrogens is 284 g/mol. The van der Waals surface area contributed by atoms with Gasteiger partial charge in [0.05, 0.1) is 21.3 Å². The summed E-state index contributed by atoms with van der Waals surface area (Å²) in [6.45, 7) is 1.58. The minimum absolute atomic E-state index is 0.104. The molecule has 1 atom stereocenters. The van der Waals surface area contributed by atoms with E-state index in [1.165, 1.54) is 4.70 Å². The quantitative estimate of drug-likeness (QED) is 0.892. The van der Waals surface area contributed by atoms with Crippen LogP contribution in [0.3, 0.4) is 0 Å². The van der Waals surface area contributed by atoms with E-state index in [9.17, 15) is 4.79 Å².